The summed E-state index contributed by atoms with van der Waals surface area (Å²) in [5.74, 6) is 0.929. The van der Waals surface area contributed by atoms with Crippen LogP contribution in [0.25, 0.3) is 0 Å². The van der Waals surface area contributed by atoms with Crippen molar-refractivity contribution in [3.63, 3.8) is 0 Å². The minimum absolute atomic E-state index is 0.142. The maximum atomic E-state index is 12.4. The number of aryl methyl sites for hydroxylation is 1. The molecule has 1 aliphatic carbocycles. The van der Waals surface area contributed by atoms with Crippen LogP contribution in [0.1, 0.15) is 24.5 Å². The molecule has 2 rings (SSSR count). The number of hydrogen-bond acceptors (Lipinski definition) is 1. The molecular formula is C15H20ClNO. The van der Waals surface area contributed by atoms with E-state index in [0.29, 0.717) is 12.4 Å². The highest BCUT2D eigenvalue weighted by atomic mass is 35.5. The number of amides is 1. The van der Waals surface area contributed by atoms with Gasteiger partial charge in [-0.1, -0.05) is 24.3 Å². The van der Waals surface area contributed by atoms with Crippen molar-refractivity contribution in [1.29, 1.82) is 0 Å². The molecule has 3 heteroatoms. The molecule has 1 amide bonds. The molecular weight excluding hydrogens is 246 g/mol. The van der Waals surface area contributed by atoms with E-state index < -0.39 is 0 Å². The summed E-state index contributed by atoms with van der Waals surface area (Å²) in [6.07, 6.45) is 2.87. The molecule has 0 saturated heterocycles. The van der Waals surface area contributed by atoms with E-state index in [9.17, 15) is 4.79 Å². The summed E-state index contributed by atoms with van der Waals surface area (Å²) in [4.78, 5) is 14.3. The van der Waals surface area contributed by atoms with Crippen LogP contribution in [-0.2, 0) is 17.6 Å². The van der Waals surface area contributed by atoms with Crippen molar-refractivity contribution in [2.75, 3.05) is 19.0 Å². The van der Waals surface area contributed by atoms with Crippen molar-refractivity contribution < 1.29 is 4.79 Å². The lowest BCUT2D eigenvalue weighted by atomic mass is 9.83. The maximum absolute atomic E-state index is 12.4. The van der Waals surface area contributed by atoms with E-state index in [0.717, 1.165) is 25.8 Å². The van der Waals surface area contributed by atoms with Crippen LogP contribution in [0.2, 0.25) is 0 Å². The number of halogens is 1. The lowest BCUT2D eigenvalue weighted by Gasteiger charge is -2.29. The van der Waals surface area contributed by atoms with Gasteiger partial charge in [0.05, 0.1) is 0 Å². The molecule has 1 aromatic rings. The fourth-order valence-corrected chi connectivity index (χ4v) is 2.90. The summed E-state index contributed by atoms with van der Waals surface area (Å²) < 4.78 is 0. The van der Waals surface area contributed by atoms with Gasteiger partial charge >= 0.3 is 0 Å². The molecule has 0 spiro atoms. The lowest BCUT2D eigenvalue weighted by molar-refractivity contribution is -0.135. The molecule has 1 aromatic carbocycles. The molecule has 0 N–H and O–H groups in total. The summed E-state index contributed by atoms with van der Waals surface area (Å²) in [5.41, 5.74) is 2.74. The van der Waals surface area contributed by atoms with Crippen molar-refractivity contribution in [1.82, 2.24) is 4.90 Å². The van der Waals surface area contributed by atoms with Crippen LogP contribution in [0.5, 0.6) is 0 Å². The van der Waals surface area contributed by atoms with Gasteiger partial charge in [0.25, 0.3) is 0 Å². The molecule has 0 saturated carbocycles. The number of fused-ring (bicyclic) bond motifs is 1. The van der Waals surface area contributed by atoms with Gasteiger partial charge in [0.15, 0.2) is 0 Å². The second-order valence-corrected chi connectivity index (χ2v) is 5.19. The zero-order chi connectivity index (χ0) is 13.0. The maximum Gasteiger partial charge on any atom is 0.226 e. The number of rotatable bonds is 4. The van der Waals surface area contributed by atoms with Crippen LogP contribution >= 0.6 is 11.6 Å². The van der Waals surface area contributed by atoms with E-state index >= 15 is 0 Å². The highest BCUT2D eigenvalue weighted by Crippen LogP contribution is 2.26. The highest BCUT2D eigenvalue weighted by Gasteiger charge is 2.27. The SMILES string of the molecule is CCN(CCCl)C(=O)C1CCc2ccccc2C1. The van der Waals surface area contributed by atoms with Crippen molar-refractivity contribution in [2.24, 2.45) is 5.92 Å². The standard InChI is InChI=1S/C15H20ClNO/c1-2-17(10-9-16)15(18)14-8-7-12-5-3-4-6-13(12)11-14/h3-6,14H,2,7-11H2,1H3. The first-order chi connectivity index (χ1) is 8.76. The molecule has 18 heavy (non-hydrogen) atoms. The Morgan fingerprint density at radius 1 is 1.39 bits per heavy atom. The number of carbonyl (C=O) groups is 1. The summed E-state index contributed by atoms with van der Waals surface area (Å²) >= 11 is 5.75. The van der Waals surface area contributed by atoms with Gasteiger partial charge < -0.3 is 4.90 Å². The summed E-state index contributed by atoms with van der Waals surface area (Å²) in [6, 6.07) is 8.45. The van der Waals surface area contributed by atoms with E-state index in [1.807, 2.05) is 11.8 Å². The van der Waals surface area contributed by atoms with Crippen LogP contribution in [0.3, 0.4) is 0 Å². The van der Waals surface area contributed by atoms with E-state index in [4.69, 9.17) is 11.6 Å². The Labute approximate surface area is 114 Å². The van der Waals surface area contributed by atoms with E-state index in [1.165, 1.54) is 11.1 Å². The lowest BCUT2D eigenvalue weighted by Crippen LogP contribution is -2.39. The zero-order valence-electron chi connectivity index (χ0n) is 10.9. The molecule has 0 heterocycles. The van der Waals surface area contributed by atoms with Gasteiger partial charge in [-0.15, -0.1) is 11.6 Å². The third-order valence-electron chi connectivity index (χ3n) is 3.74. The van der Waals surface area contributed by atoms with Gasteiger partial charge in [0.1, 0.15) is 0 Å². The summed E-state index contributed by atoms with van der Waals surface area (Å²) in [7, 11) is 0. The van der Waals surface area contributed by atoms with Crippen LogP contribution in [0, 0.1) is 5.92 Å². The van der Waals surface area contributed by atoms with Gasteiger partial charge in [0, 0.05) is 24.9 Å². The molecule has 98 valence electrons. The number of alkyl halides is 1. The normalized spacial score (nSPS) is 18.2. The van der Waals surface area contributed by atoms with E-state index in [-0.39, 0.29) is 11.8 Å². The monoisotopic (exact) mass is 265 g/mol. The van der Waals surface area contributed by atoms with Gasteiger partial charge in [-0.05, 0) is 37.3 Å². The Morgan fingerprint density at radius 2 is 2.11 bits per heavy atom. The number of benzene rings is 1. The van der Waals surface area contributed by atoms with Crippen molar-refractivity contribution in [3.05, 3.63) is 35.4 Å². The molecule has 0 fully saturated rings. The Bertz CT molecular complexity index is 419. The Hall–Kier alpha value is -1.02. The molecule has 1 unspecified atom stereocenters. The fraction of sp³-hybridized carbons (Fsp3) is 0.533. The minimum Gasteiger partial charge on any atom is -0.342 e. The van der Waals surface area contributed by atoms with Crippen LogP contribution in [-0.4, -0.2) is 29.8 Å². The predicted octanol–water partition coefficient (Wildman–Crippen LogP) is 2.88. The molecule has 0 aliphatic heterocycles. The Balaban J connectivity index is 2.06. The number of hydrogen-bond donors (Lipinski definition) is 0. The minimum atomic E-state index is 0.142. The first-order valence-electron chi connectivity index (χ1n) is 6.67. The molecule has 1 aliphatic rings. The van der Waals surface area contributed by atoms with E-state index in [2.05, 4.69) is 24.3 Å². The van der Waals surface area contributed by atoms with Gasteiger partial charge in [0.2, 0.25) is 5.91 Å². The van der Waals surface area contributed by atoms with Gasteiger partial charge in [-0.3, -0.25) is 4.79 Å². The largest absolute Gasteiger partial charge is 0.342 e. The van der Waals surface area contributed by atoms with Crippen molar-refractivity contribution in [3.8, 4) is 0 Å². The van der Waals surface area contributed by atoms with Crippen LogP contribution < -0.4 is 0 Å². The van der Waals surface area contributed by atoms with Crippen LogP contribution in [0.15, 0.2) is 24.3 Å². The van der Waals surface area contributed by atoms with Crippen molar-refractivity contribution in [2.45, 2.75) is 26.2 Å². The third kappa shape index (κ3) is 2.86. The smallest absolute Gasteiger partial charge is 0.226 e. The molecule has 2 nitrogen and oxygen atoms in total. The fourth-order valence-electron chi connectivity index (χ4n) is 2.69. The van der Waals surface area contributed by atoms with Crippen LogP contribution in [0.4, 0.5) is 0 Å². The quantitative estimate of drug-likeness (QED) is 0.767. The average molecular weight is 266 g/mol. The predicted molar refractivity (Wildman–Crippen MR) is 74.9 cm³/mol. The first kappa shape index (κ1) is 13.4. The van der Waals surface area contributed by atoms with Gasteiger partial charge in [-0.25, -0.2) is 0 Å². The summed E-state index contributed by atoms with van der Waals surface area (Å²) in [6.45, 7) is 3.43. The summed E-state index contributed by atoms with van der Waals surface area (Å²) in [5, 5.41) is 0. The number of carbonyl (C=O) groups excluding carboxylic acids is 1. The first-order valence-corrected chi connectivity index (χ1v) is 7.21. The second kappa shape index (κ2) is 6.24. The van der Waals surface area contributed by atoms with Crippen molar-refractivity contribution >= 4 is 17.5 Å². The molecule has 0 aromatic heterocycles. The van der Waals surface area contributed by atoms with E-state index in [1.54, 1.807) is 0 Å². The topological polar surface area (TPSA) is 20.3 Å². The Morgan fingerprint density at radius 3 is 2.78 bits per heavy atom. The third-order valence-corrected chi connectivity index (χ3v) is 3.91. The van der Waals surface area contributed by atoms with Gasteiger partial charge in [-0.2, -0.15) is 0 Å². The highest BCUT2D eigenvalue weighted by molar-refractivity contribution is 6.18. The molecule has 0 bridgehead atoms. The zero-order valence-corrected chi connectivity index (χ0v) is 11.6. The number of nitrogens with zero attached hydrogens (tertiary/aromatic N) is 1. The second-order valence-electron chi connectivity index (χ2n) is 4.82. The average Bonchev–Trinajstić information content (AvgIpc) is 2.43. The Kier molecular flexibility index (Phi) is 4.65. The molecule has 0 radical (unpaired) electrons. The molecule has 1 atom stereocenters.